The molecule has 6 heteroatoms. The van der Waals surface area contributed by atoms with Crippen molar-refractivity contribution >= 4 is 13.6 Å². The lowest BCUT2D eigenvalue weighted by molar-refractivity contribution is -0.147. The van der Waals surface area contributed by atoms with Crippen molar-refractivity contribution in [2.75, 3.05) is 0 Å². The molecule has 0 rings (SSSR count). The molecule has 0 heterocycles. The molecule has 0 aliphatic carbocycles. The molecule has 0 spiro atoms. The fourth-order valence-electron chi connectivity index (χ4n) is 1.31. The summed E-state index contributed by atoms with van der Waals surface area (Å²) in [4.78, 5) is 28.5. The molecule has 78 valence electrons. The Morgan fingerprint density at radius 1 is 1.46 bits per heavy atom. The van der Waals surface area contributed by atoms with Crippen molar-refractivity contribution in [1.29, 1.82) is 0 Å². The number of carbonyl (C=O) groups is 1. The fourth-order valence-corrected chi connectivity index (χ4v) is 2.74. The predicted molar refractivity (Wildman–Crippen MR) is 47.5 cm³/mol. The van der Waals surface area contributed by atoms with Crippen molar-refractivity contribution in [1.82, 2.24) is 0 Å². The van der Waals surface area contributed by atoms with Gasteiger partial charge >= 0.3 is 13.6 Å². The minimum atomic E-state index is -4.33. The predicted octanol–water partition coefficient (Wildman–Crippen LogP) is 1.05. The Labute approximate surface area is 76.9 Å². The Balaban J connectivity index is 5.00. The fraction of sp³-hybridized carbons (Fsp3) is 0.857. The zero-order chi connectivity index (χ0) is 10.9. The largest absolute Gasteiger partial charge is 0.481 e. The third kappa shape index (κ3) is 2.79. The summed E-state index contributed by atoms with van der Waals surface area (Å²) >= 11 is 0. The summed E-state index contributed by atoms with van der Waals surface area (Å²) in [6.07, 6.45) is 0.142. The summed E-state index contributed by atoms with van der Waals surface area (Å²) < 4.78 is 10.9. The number of carboxylic acid groups (broad SMARTS) is 1. The highest BCUT2D eigenvalue weighted by molar-refractivity contribution is 7.52. The topological polar surface area (TPSA) is 94.8 Å². The van der Waals surface area contributed by atoms with Gasteiger partial charge in [0.15, 0.2) is 0 Å². The van der Waals surface area contributed by atoms with Crippen LogP contribution in [0.3, 0.4) is 0 Å². The SMILES string of the molecule is CCC(C(C)(C)C(=O)O)P(=O)(O)O. The second-order valence-corrected chi connectivity index (χ2v) is 5.34. The van der Waals surface area contributed by atoms with E-state index in [2.05, 4.69) is 0 Å². The van der Waals surface area contributed by atoms with E-state index >= 15 is 0 Å². The summed E-state index contributed by atoms with van der Waals surface area (Å²) in [6.45, 7) is 4.21. The molecule has 0 amide bonds. The smallest absolute Gasteiger partial charge is 0.329 e. The molecular weight excluding hydrogens is 195 g/mol. The van der Waals surface area contributed by atoms with E-state index in [-0.39, 0.29) is 6.42 Å². The molecule has 0 aliphatic rings. The summed E-state index contributed by atoms with van der Waals surface area (Å²) in [6, 6.07) is 0. The van der Waals surface area contributed by atoms with Crippen molar-refractivity contribution in [3.8, 4) is 0 Å². The molecule has 1 unspecified atom stereocenters. The molecule has 0 aromatic heterocycles. The average Bonchev–Trinajstić information content (AvgIpc) is 1.83. The normalized spacial score (nSPS) is 15.5. The van der Waals surface area contributed by atoms with Gasteiger partial charge in [-0.15, -0.1) is 0 Å². The van der Waals surface area contributed by atoms with Gasteiger partial charge in [-0.05, 0) is 20.3 Å². The second kappa shape index (κ2) is 3.78. The van der Waals surface area contributed by atoms with Gasteiger partial charge in [-0.3, -0.25) is 9.36 Å². The third-order valence-electron chi connectivity index (χ3n) is 2.18. The van der Waals surface area contributed by atoms with E-state index in [0.717, 1.165) is 0 Å². The van der Waals surface area contributed by atoms with Gasteiger partial charge in [0.25, 0.3) is 0 Å². The van der Waals surface area contributed by atoms with E-state index in [1.54, 1.807) is 6.92 Å². The zero-order valence-electron chi connectivity index (χ0n) is 7.89. The van der Waals surface area contributed by atoms with Crippen LogP contribution in [0.4, 0.5) is 0 Å². The van der Waals surface area contributed by atoms with Crippen molar-refractivity contribution < 1.29 is 24.3 Å². The minimum Gasteiger partial charge on any atom is -0.481 e. The Hall–Kier alpha value is -0.380. The Bertz CT molecular complexity index is 241. The summed E-state index contributed by atoms with van der Waals surface area (Å²) in [7, 11) is -4.33. The molecule has 0 saturated carbocycles. The first-order chi connectivity index (χ1) is 5.64. The lowest BCUT2D eigenvalue weighted by Crippen LogP contribution is -2.36. The first-order valence-corrected chi connectivity index (χ1v) is 5.60. The van der Waals surface area contributed by atoms with E-state index in [4.69, 9.17) is 14.9 Å². The van der Waals surface area contributed by atoms with Crippen LogP contribution in [-0.2, 0) is 9.36 Å². The highest BCUT2D eigenvalue weighted by Gasteiger charge is 2.45. The molecule has 0 radical (unpaired) electrons. The number of rotatable bonds is 4. The molecule has 0 saturated heterocycles. The Kier molecular flexibility index (Phi) is 3.67. The van der Waals surface area contributed by atoms with Gasteiger partial charge in [0.05, 0.1) is 11.1 Å². The number of carboxylic acids is 1. The number of aliphatic carboxylic acids is 1. The standard InChI is InChI=1S/C7H15O5P/c1-4-5(13(10,11)12)7(2,3)6(8)9/h5H,4H2,1-3H3,(H,8,9)(H2,10,11,12). The van der Waals surface area contributed by atoms with Gasteiger partial charge in [-0.2, -0.15) is 0 Å². The summed E-state index contributed by atoms with van der Waals surface area (Å²) in [5.41, 5.74) is -2.52. The summed E-state index contributed by atoms with van der Waals surface area (Å²) in [5, 5.41) is 8.76. The molecule has 0 aliphatic heterocycles. The zero-order valence-corrected chi connectivity index (χ0v) is 8.78. The molecule has 0 fully saturated rings. The van der Waals surface area contributed by atoms with Crippen LogP contribution >= 0.6 is 7.60 Å². The molecule has 1 atom stereocenters. The van der Waals surface area contributed by atoms with Crippen LogP contribution < -0.4 is 0 Å². The molecule has 0 aromatic rings. The number of hydrogen-bond donors (Lipinski definition) is 3. The van der Waals surface area contributed by atoms with Gasteiger partial charge in [0, 0.05) is 0 Å². The van der Waals surface area contributed by atoms with Crippen molar-refractivity contribution in [2.45, 2.75) is 32.9 Å². The first kappa shape index (κ1) is 12.6. The van der Waals surface area contributed by atoms with E-state index in [1.807, 2.05) is 0 Å². The highest BCUT2D eigenvalue weighted by atomic mass is 31.2. The summed E-state index contributed by atoms with van der Waals surface area (Å²) in [5.74, 6) is -1.19. The maximum Gasteiger partial charge on any atom is 0.329 e. The molecule has 5 nitrogen and oxygen atoms in total. The lowest BCUT2D eigenvalue weighted by Gasteiger charge is -2.29. The second-order valence-electron chi connectivity index (χ2n) is 3.54. The van der Waals surface area contributed by atoms with E-state index < -0.39 is 24.6 Å². The maximum absolute atomic E-state index is 10.9. The van der Waals surface area contributed by atoms with Gasteiger partial charge in [-0.25, -0.2) is 0 Å². The highest BCUT2D eigenvalue weighted by Crippen LogP contribution is 2.51. The number of hydrogen-bond acceptors (Lipinski definition) is 2. The van der Waals surface area contributed by atoms with Gasteiger partial charge in [0.2, 0.25) is 0 Å². The molecule has 13 heavy (non-hydrogen) atoms. The van der Waals surface area contributed by atoms with Gasteiger partial charge in [-0.1, -0.05) is 6.92 Å². The van der Waals surface area contributed by atoms with Crippen molar-refractivity contribution in [3.05, 3.63) is 0 Å². The maximum atomic E-state index is 10.9. The lowest BCUT2D eigenvalue weighted by atomic mass is 9.88. The van der Waals surface area contributed by atoms with Crippen molar-refractivity contribution in [2.24, 2.45) is 5.41 Å². The van der Waals surface area contributed by atoms with Gasteiger partial charge < -0.3 is 14.9 Å². The van der Waals surface area contributed by atoms with Crippen LogP contribution in [0.2, 0.25) is 0 Å². The third-order valence-corrected chi connectivity index (χ3v) is 4.00. The van der Waals surface area contributed by atoms with E-state index in [9.17, 15) is 9.36 Å². The van der Waals surface area contributed by atoms with Crippen LogP contribution in [-0.4, -0.2) is 26.5 Å². The monoisotopic (exact) mass is 210 g/mol. The average molecular weight is 210 g/mol. The van der Waals surface area contributed by atoms with E-state index in [0.29, 0.717) is 0 Å². The van der Waals surface area contributed by atoms with Crippen LogP contribution in [0.1, 0.15) is 27.2 Å². The van der Waals surface area contributed by atoms with Gasteiger partial charge in [0.1, 0.15) is 0 Å². The quantitative estimate of drug-likeness (QED) is 0.603. The van der Waals surface area contributed by atoms with Crippen LogP contribution in [0.25, 0.3) is 0 Å². The Morgan fingerprint density at radius 3 is 1.92 bits per heavy atom. The first-order valence-electron chi connectivity index (χ1n) is 3.92. The minimum absolute atomic E-state index is 0.142. The molecule has 0 bridgehead atoms. The molecular formula is C7H15O5P. The van der Waals surface area contributed by atoms with Crippen LogP contribution in [0.5, 0.6) is 0 Å². The van der Waals surface area contributed by atoms with Crippen molar-refractivity contribution in [3.63, 3.8) is 0 Å². The van der Waals surface area contributed by atoms with Crippen LogP contribution in [0.15, 0.2) is 0 Å². The van der Waals surface area contributed by atoms with Crippen LogP contribution in [0, 0.1) is 5.41 Å². The molecule has 0 aromatic carbocycles. The molecule has 3 N–H and O–H groups in total. The Morgan fingerprint density at radius 2 is 1.85 bits per heavy atom. The van der Waals surface area contributed by atoms with E-state index in [1.165, 1.54) is 13.8 Å².